The number of para-hydroxylation sites is 1. The Hall–Kier alpha value is -2.18. The van der Waals surface area contributed by atoms with E-state index >= 15 is 0 Å². The van der Waals surface area contributed by atoms with Gasteiger partial charge in [-0.25, -0.2) is 8.42 Å². The van der Waals surface area contributed by atoms with Gasteiger partial charge in [-0.2, -0.15) is 4.31 Å². The van der Waals surface area contributed by atoms with Crippen molar-refractivity contribution >= 4 is 21.6 Å². The van der Waals surface area contributed by atoms with Crippen molar-refractivity contribution in [3.05, 3.63) is 60.2 Å². The first-order valence-corrected chi connectivity index (χ1v) is 10.5. The van der Waals surface area contributed by atoms with Crippen molar-refractivity contribution in [2.24, 2.45) is 5.92 Å². The Morgan fingerprint density at radius 2 is 1.69 bits per heavy atom. The van der Waals surface area contributed by atoms with Crippen LogP contribution in [-0.2, 0) is 21.2 Å². The summed E-state index contributed by atoms with van der Waals surface area (Å²) in [7, 11) is -3.55. The molecule has 2 aromatic rings. The fourth-order valence-electron chi connectivity index (χ4n) is 3.89. The maximum atomic E-state index is 13.1. The van der Waals surface area contributed by atoms with E-state index in [2.05, 4.69) is 6.07 Å². The number of sulfonamides is 1. The summed E-state index contributed by atoms with van der Waals surface area (Å²) in [6.45, 7) is 1.41. The molecule has 0 radical (unpaired) electrons. The lowest BCUT2D eigenvalue weighted by Crippen LogP contribution is -2.46. The lowest BCUT2D eigenvalue weighted by molar-refractivity contribution is -0.123. The lowest BCUT2D eigenvalue weighted by atomic mass is 9.98. The van der Waals surface area contributed by atoms with Gasteiger partial charge in [0.25, 0.3) is 0 Å². The number of nitrogens with zero attached hydrogens (tertiary/aromatic N) is 2. The summed E-state index contributed by atoms with van der Waals surface area (Å²) in [6.07, 6.45) is 2.30. The molecule has 2 aliphatic rings. The third-order valence-corrected chi connectivity index (χ3v) is 7.15. The van der Waals surface area contributed by atoms with Gasteiger partial charge in [0.1, 0.15) is 0 Å². The molecule has 26 heavy (non-hydrogen) atoms. The van der Waals surface area contributed by atoms with Gasteiger partial charge in [0.05, 0.1) is 10.8 Å². The van der Waals surface area contributed by atoms with Crippen molar-refractivity contribution < 1.29 is 13.2 Å². The standard InChI is InChI=1S/C20H22N2O3S/c23-20(22-14-12-16-7-4-5-11-19(16)22)17-8-6-13-21(15-17)26(24,25)18-9-2-1-3-10-18/h1-5,7,9-11,17H,6,8,12-15H2/t17-/m1/s1. The zero-order valence-corrected chi connectivity index (χ0v) is 15.4. The van der Waals surface area contributed by atoms with Gasteiger partial charge in [-0.05, 0) is 43.0 Å². The van der Waals surface area contributed by atoms with Gasteiger partial charge in [-0.3, -0.25) is 4.79 Å². The molecular formula is C20H22N2O3S. The molecule has 2 heterocycles. The van der Waals surface area contributed by atoms with E-state index in [-0.39, 0.29) is 18.4 Å². The Labute approximate surface area is 154 Å². The summed E-state index contributed by atoms with van der Waals surface area (Å²) in [5, 5.41) is 0. The summed E-state index contributed by atoms with van der Waals surface area (Å²) in [6, 6.07) is 16.4. The van der Waals surface area contributed by atoms with Crippen molar-refractivity contribution in [3.63, 3.8) is 0 Å². The lowest BCUT2D eigenvalue weighted by Gasteiger charge is -2.33. The van der Waals surface area contributed by atoms with Gasteiger partial charge < -0.3 is 4.90 Å². The molecule has 0 saturated carbocycles. The Balaban J connectivity index is 1.53. The summed E-state index contributed by atoms with van der Waals surface area (Å²) < 4.78 is 27.2. The second-order valence-electron chi connectivity index (χ2n) is 6.88. The van der Waals surface area contributed by atoms with Crippen molar-refractivity contribution in [2.45, 2.75) is 24.2 Å². The predicted molar refractivity (Wildman–Crippen MR) is 100 cm³/mol. The Morgan fingerprint density at radius 1 is 0.962 bits per heavy atom. The highest BCUT2D eigenvalue weighted by Crippen LogP contribution is 2.31. The fraction of sp³-hybridized carbons (Fsp3) is 0.350. The minimum absolute atomic E-state index is 0.0444. The van der Waals surface area contributed by atoms with Crippen LogP contribution in [0.3, 0.4) is 0 Å². The quantitative estimate of drug-likeness (QED) is 0.835. The van der Waals surface area contributed by atoms with E-state index < -0.39 is 10.0 Å². The van der Waals surface area contributed by atoms with Gasteiger partial charge in [0, 0.05) is 25.3 Å². The molecule has 4 rings (SSSR count). The molecular weight excluding hydrogens is 348 g/mol. The second kappa shape index (κ2) is 6.85. The number of fused-ring (bicyclic) bond motifs is 1. The number of rotatable bonds is 3. The number of amides is 1. The molecule has 0 N–H and O–H groups in total. The third-order valence-electron chi connectivity index (χ3n) is 5.27. The van der Waals surface area contributed by atoms with Crippen LogP contribution < -0.4 is 4.90 Å². The Bertz CT molecular complexity index is 912. The molecule has 1 saturated heterocycles. The molecule has 0 aliphatic carbocycles. The maximum absolute atomic E-state index is 13.1. The van der Waals surface area contributed by atoms with Crippen LogP contribution in [0.4, 0.5) is 5.69 Å². The van der Waals surface area contributed by atoms with Crippen molar-refractivity contribution in [1.29, 1.82) is 0 Å². The number of piperidine rings is 1. The molecule has 2 aliphatic heterocycles. The van der Waals surface area contributed by atoms with E-state index in [1.807, 2.05) is 23.1 Å². The van der Waals surface area contributed by atoms with E-state index in [0.717, 1.165) is 18.5 Å². The van der Waals surface area contributed by atoms with Crippen LogP contribution in [0.5, 0.6) is 0 Å². The van der Waals surface area contributed by atoms with Crippen LogP contribution in [0, 0.1) is 5.92 Å². The largest absolute Gasteiger partial charge is 0.312 e. The highest BCUT2D eigenvalue weighted by molar-refractivity contribution is 7.89. The zero-order valence-electron chi connectivity index (χ0n) is 14.5. The Kier molecular flexibility index (Phi) is 4.54. The monoisotopic (exact) mass is 370 g/mol. The molecule has 0 bridgehead atoms. The molecule has 5 nitrogen and oxygen atoms in total. The van der Waals surface area contributed by atoms with Crippen LogP contribution >= 0.6 is 0 Å². The normalized spacial score (nSPS) is 20.8. The first-order valence-electron chi connectivity index (χ1n) is 9.02. The molecule has 2 aromatic carbocycles. The van der Waals surface area contributed by atoms with Crippen molar-refractivity contribution in [1.82, 2.24) is 4.31 Å². The van der Waals surface area contributed by atoms with Crippen LogP contribution in [0.25, 0.3) is 0 Å². The van der Waals surface area contributed by atoms with Crippen LogP contribution in [-0.4, -0.2) is 38.3 Å². The minimum atomic E-state index is -3.55. The first-order chi connectivity index (χ1) is 12.6. The first kappa shape index (κ1) is 17.2. The highest BCUT2D eigenvalue weighted by Gasteiger charge is 2.36. The van der Waals surface area contributed by atoms with E-state index in [0.29, 0.717) is 24.4 Å². The molecule has 0 spiro atoms. The van der Waals surface area contributed by atoms with Crippen molar-refractivity contribution in [3.8, 4) is 0 Å². The van der Waals surface area contributed by atoms with Gasteiger partial charge in [0.2, 0.25) is 15.9 Å². The van der Waals surface area contributed by atoms with Gasteiger partial charge in [-0.15, -0.1) is 0 Å². The average molecular weight is 370 g/mol. The zero-order chi connectivity index (χ0) is 18.1. The van der Waals surface area contributed by atoms with Crippen LogP contribution in [0.2, 0.25) is 0 Å². The highest BCUT2D eigenvalue weighted by atomic mass is 32.2. The molecule has 1 fully saturated rings. The molecule has 0 unspecified atom stereocenters. The van der Waals surface area contributed by atoms with E-state index in [9.17, 15) is 13.2 Å². The van der Waals surface area contributed by atoms with Crippen LogP contribution in [0.1, 0.15) is 18.4 Å². The molecule has 136 valence electrons. The van der Waals surface area contributed by atoms with Gasteiger partial charge >= 0.3 is 0 Å². The fourth-order valence-corrected chi connectivity index (χ4v) is 5.44. The van der Waals surface area contributed by atoms with Crippen molar-refractivity contribution in [2.75, 3.05) is 24.5 Å². The van der Waals surface area contributed by atoms with E-state index in [4.69, 9.17) is 0 Å². The summed E-state index contributed by atoms with van der Waals surface area (Å²) in [5.74, 6) is -0.240. The average Bonchev–Trinajstić information content (AvgIpc) is 3.12. The number of hydrogen-bond acceptors (Lipinski definition) is 3. The van der Waals surface area contributed by atoms with Gasteiger partial charge in [0.15, 0.2) is 0 Å². The van der Waals surface area contributed by atoms with E-state index in [1.54, 1.807) is 30.3 Å². The molecule has 6 heteroatoms. The topological polar surface area (TPSA) is 57.7 Å². The number of benzene rings is 2. The minimum Gasteiger partial charge on any atom is -0.312 e. The second-order valence-corrected chi connectivity index (χ2v) is 8.82. The summed E-state index contributed by atoms with van der Waals surface area (Å²) >= 11 is 0. The third kappa shape index (κ3) is 3.04. The van der Waals surface area contributed by atoms with Crippen LogP contribution in [0.15, 0.2) is 59.5 Å². The SMILES string of the molecule is O=C([C@@H]1CCCN(S(=O)(=O)c2ccccc2)C1)N1CCc2ccccc21. The predicted octanol–water partition coefficient (Wildman–Crippen LogP) is 2.68. The number of carbonyl (C=O) groups excluding carboxylic acids is 1. The Morgan fingerprint density at radius 3 is 2.50 bits per heavy atom. The molecule has 1 atom stereocenters. The maximum Gasteiger partial charge on any atom is 0.243 e. The van der Waals surface area contributed by atoms with Gasteiger partial charge in [-0.1, -0.05) is 36.4 Å². The number of hydrogen-bond donors (Lipinski definition) is 0. The molecule has 0 aromatic heterocycles. The summed E-state index contributed by atoms with van der Waals surface area (Å²) in [4.78, 5) is 15.2. The number of anilines is 1. The summed E-state index contributed by atoms with van der Waals surface area (Å²) in [5.41, 5.74) is 2.16. The molecule has 1 amide bonds. The number of carbonyl (C=O) groups is 1. The smallest absolute Gasteiger partial charge is 0.243 e. The van der Waals surface area contributed by atoms with E-state index in [1.165, 1.54) is 9.87 Å².